The summed E-state index contributed by atoms with van der Waals surface area (Å²) in [5.74, 6) is 0.0604. The number of nitrogens with one attached hydrogen (secondary N) is 1. The minimum Gasteiger partial charge on any atom is -0.357 e. The number of thiophene rings is 1. The smallest absolute Gasteiger partial charge is 0.224 e. The molecule has 4 nitrogen and oxygen atoms in total. The number of carbonyl (C=O) groups excluding carboxylic acids is 2. The van der Waals surface area contributed by atoms with E-state index >= 15 is 0 Å². The molecule has 1 atom stereocenters. The van der Waals surface area contributed by atoms with Gasteiger partial charge in [-0.2, -0.15) is 0 Å². The number of hydrogen-bond acceptors (Lipinski definition) is 4. The first-order valence-electron chi connectivity index (χ1n) is 8.83. The van der Waals surface area contributed by atoms with Crippen molar-refractivity contribution >= 4 is 34.4 Å². The number of anilines is 2. The summed E-state index contributed by atoms with van der Waals surface area (Å²) in [5, 5.41) is 5.49. The van der Waals surface area contributed by atoms with Gasteiger partial charge in [-0.05, 0) is 35.4 Å². The summed E-state index contributed by atoms with van der Waals surface area (Å²) in [7, 11) is 0. The van der Waals surface area contributed by atoms with Crippen LogP contribution in [0.1, 0.15) is 44.5 Å². The Hall–Kier alpha value is -2.40. The maximum absolute atomic E-state index is 13.2. The Bertz CT molecular complexity index is 912. The zero-order valence-electron chi connectivity index (χ0n) is 15.2. The molecular weight excluding hydrogens is 344 g/mol. The number of benzene rings is 1. The van der Waals surface area contributed by atoms with Crippen molar-refractivity contribution in [1.82, 2.24) is 0 Å². The predicted octanol–water partition coefficient (Wildman–Crippen LogP) is 4.91. The van der Waals surface area contributed by atoms with Crippen LogP contribution in [-0.2, 0) is 9.59 Å². The van der Waals surface area contributed by atoms with Crippen molar-refractivity contribution < 1.29 is 9.59 Å². The fraction of sp³-hybridized carbons (Fsp3) is 0.333. The van der Waals surface area contributed by atoms with Crippen LogP contribution >= 0.6 is 11.3 Å². The van der Waals surface area contributed by atoms with Crippen LogP contribution in [0.25, 0.3) is 0 Å². The summed E-state index contributed by atoms with van der Waals surface area (Å²) in [6.45, 7) is 5.81. The van der Waals surface area contributed by atoms with Gasteiger partial charge in [0.05, 0.1) is 11.4 Å². The molecule has 1 N–H and O–H groups in total. The molecule has 2 heterocycles. The molecule has 1 amide bonds. The third kappa shape index (κ3) is 2.76. The average molecular weight is 366 g/mol. The van der Waals surface area contributed by atoms with Gasteiger partial charge in [-0.3, -0.25) is 14.5 Å². The molecule has 0 saturated carbocycles. The Labute approximate surface area is 157 Å². The van der Waals surface area contributed by atoms with E-state index < -0.39 is 0 Å². The number of nitrogens with zero attached hydrogens (tertiary/aromatic N) is 1. The normalized spacial score (nSPS) is 21.6. The quantitative estimate of drug-likeness (QED) is 0.780. The molecule has 1 aromatic carbocycles. The van der Waals surface area contributed by atoms with Crippen molar-refractivity contribution in [2.75, 3.05) is 10.2 Å². The van der Waals surface area contributed by atoms with Crippen LogP contribution in [0.5, 0.6) is 0 Å². The molecule has 0 saturated heterocycles. The van der Waals surface area contributed by atoms with Gasteiger partial charge in [0.25, 0.3) is 0 Å². The molecule has 4 rings (SSSR count). The lowest BCUT2D eigenvalue weighted by Gasteiger charge is -2.36. The number of amides is 1. The molecule has 0 radical (unpaired) electrons. The number of carbonyl (C=O) groups is 2. The van der Waals surface area contributed by atoms with Gasteiger partial charge in [0, 0.05) is 29.5 Å². The molecule has 2 aromatic rings. The Morgan fingerprint density at radius 1 is 1.19 bits per heavy atom. The SMILES string of the molecule is CC(=O)N1c2ccccc2NC2=C(C(=O)CC(C)(C)C2)C1c1cccs1. The molecule has 26 heavy (non-hydrogen) atoms. The van der Waals surface area contributed by atoms with Crippen LogP contribution in [0.15, 0.2) is 53.0 Å². The van der Waals surface area contributed by atoms with Crippen LogP contribution in [0.2, 0.25) is 0 Å². The van der Waals surface area contributed by atoms with E-state index in [2.05, 4.69) is 19.2 Å². The molecule has 1 unspecified atom stereocenters. The highest BCUT2D eigenvalue weighted by atomic mass is 32.1. The lowest BCUT2D eigenvalue weighted by atomic mass is 9.74. The predicted molar refractivity (Wildman–Crippen MR) is 105 cm³/mol. The fourth-order valence-electron chi connectivity index (χ4n) is 4.05. The molecule has 5 heteroatoms. The Morgan fingerprint density at radius 2 is 1.96 bits per heavy atom. The Kier molecular flexibility index (Phi) is 3.99. The monoisotopic (exact) mass is 366 g/mol. The number of rotatable bonds is 1. The molecule has 0 bridgehead atoms. The third-order valence-electron chi connectivity index (χ3n) is 5.05. The van der Waals surface area contributed by atoms with Crippen molar-refractivity contribution in [3.63, 3.8) is 0 Å². The van der Waals surface area contributed by atoms with Crippen molar-refractivity contribution in [1.29, 1.82) is 0 Å². The van der Waals surface area contributed by atoms with Gasteiger partial charge < -0.3 is 5.32 Å². The van der Waals surface area contributed by atoms with E-state index in [-0.39, 0.29) is 23.1 Å². The fourth-order valence-corrected chi connectivity index (χ4v) is 4.87. The Balaban J connectivity index is 2.00. The standard InChI is InChI=1S/C21H22N2O2S/c1-13(24)23-16-8-5-4-7-14(16)22-15-11-21(2,3)12-17(25)19(15)20(23)18-9-6-10-26-18/h4-10,20,22H,11-12H2,1-3H3. The molecule has 0 spiro atoms. The van der Waals surface area contributed by atoms with Gasteiger partial charge >= 0.3 is 0 Å². The van der Waals surface area contributed by atoms with E-state index in [4.69, 9.17) is 0 Å². The van der Waals surface area contributed by atoms with Crippen LogP contribution < -0.4 is 10.2 Å². The largest absolute Gasteiger partial charge is 0.357 e. The number of para-hydroxylation sites is 2. The highest BCUT2D eigenvalue weighted by Crippen LogP contribution is 2.48. The first-order chi connectivity index (χ1) is 12.4. The van der Waals surface area contributed by atoms with Gasteiger partial charge in [0.15, 0.2) is 5.78 Å². The zero-order valence-corrected chi connectivity index (χ0v) is 16.0. The lowest BCUT2D eigenvalue weighted by Crippen LogP contribution is -2.38. The van der Waals surface area contributed by atoms with E-state index in [9.17, 15) is 9.59 Å². The van der Waals surface area contributed by atoms with Gasteiger partial charge in [0.1, 0.15) is 6.04 Å². The lowest BCUT2D eigenvalue weighted by molar-refractivity contribution is -0.118. The van der Waals surface area contributed by atoms with Crippen LogP contribution in [-0.4, -0.2) is 11.7 Å². The van der Waals surface area contributed by atoms with Crippen molar-refractivity contribution in [3.8, 4) is 0 Å². The number of fused-ring (bicyclic) bond motifs is 1. The van der Waals surface area contributed by atoms with Crippen LogP contribution in [0.3, 0.4) is 0 Å². The van der Waals surface area contributed by atoms with Gasteiger partial charge in [-0.25, -0.2) is 0 Å². The maximum Gasteiger partial charge on any atom is 0.224 e. The van der Waals surface area contributed by atoms with Crippen LogP contribution in [0, 0.1) is 5.41 Å². The summed E-state index contributed by atoms with van der Waals surface area (Å²) < 4.78 is 0. The van der Waals surface area contributed by atoms with Crippen molar-refractivity contribution in [2.45, 2.75) is 39.7 Å². The van der Waals surface area contributed by atoms with E-state index in [1.54, 1.807) is 23.2 Å². The third-order valence-corrected chi connectivity index (χ3v) is 5.98. The first-order valence-corrected chi connectivity index (χ1v) is 9.71. The molecule has 0 fully saturated rings. The second-order valence-electron chi connectivity index (χ2n) is 7.78. The topological polar surface area (TPSA) is 49.4 Å². The molecule has 1 aromatic heterocycles. The van der Waals surface area contributed by atoms with E-state index in [1.165, 1.54) is 0 Å². The minimum absolute atomic E-state index is 0.0657. The first kappa shape index (κ1) is 17.0. The van der Waals surface area contributed by atoms with Crippen molar-refractivity contribution in [2.24, 2.45) is 5.41 Å². The number of ketones is 1. The molecule has 134 valence electrons. The number of allylic oxidation sites excluding steroid dienone is 1. The summed E-state index contributed by atoms with van der Waals surface area (Å²) in [6.07, 6.45) is 1.29. The highest BCUT2D eigenvalue weighted by Gasteiger charge is 2.42. The Morgan fingerprint density at radius 3 is 2.65 bits per heavy atom. The summed E-state index contributed by atoms with van der Waals surface area (Å²) >= 11 is 1.58. The highest BCUT2D eigenvalue weighted by molar-refractivity contribution is 7.10. The second-order valence-corrected chi connectivity index (χ2v) is 8.76. The summed E-state index contributed by atoms with van der Waals surface area (Å²) in [4.78, 5) is 28.7. The molecule has 2 aliphatic rings. The summed E-state index contributed by atoms with van der Waals surface area (Å²) in [5.41, 5.74) is 3.28. The van der Waals surface area contributed by atoms with Gasteiger partial charge in [-0.1, -0.05) is 32.0 Å². The second kappa shape index (κ2) is 6.09. The molecule has 1 aliphatic carbocycles. The van der Waals surface area contributed by atoms with Gasteiger partial charge in [-0.15, -0.1) is 11.3 Å². The zero-order chi connectivity index (χ0) is 18.5. The number of hydrogen-bond donors (Lipinski definition) is 1. The van der Waals surface area contributed by atoms with E-state index in [1.807, 2.05) is 41.8 Å². The molecule has 1 aliphatic heterocycles. The van der Waals surface area contributed by atoms with E-state index in [0.717, 1.165) is 33.9 Å². The molecular formula is C21H22N2O2S. The van der Waals surface area contributed by atoms with Gasteiger partial charge in [0.2, 0.25) is 5.91 Å². The summed E-state index contributed by atoms with van der Waals surface area (Å²) in [6, 6.07) is 11.4. The van der Waals surface area contributed by atoms with Crippen LogP contribution in [0.4, 0.5) is 11.4 Å². The van der Waals surface area contributed by atoms with Crippen molar-refractivity contribution in [3.05, 3.63) is 57.9 Å². The van der Waals surface area contributed by atoms with E-state index in [0.29, 0.717) is 6.42 Å². The minimum atomic E-state index is -0.373. The number of Topliss-reactive ketones (excluding diaryl/α,β-unsaturated/α-hetero) is 1. The average Bonchev–Trinajstić information content (AvgIpc) is 3.02. The maximum atomic E-state index is 13.2.